The Kier molecular flexibility index (Phi) is 35.3. The Bertz CT molecular complexity index is 1320. The third-order valence-corrected chi connectivity index (χ3v) is 9.86. The first-order valence-corrected chi connectivity index (χ1v) is 22.5. The lowest BCUT2D eigenvalue weighted by Gasteiger charge is -2.35. The highest BCUT2D eigenvalue weighted by Crippen LogP contribution is 2.32. The van der Waals surface area contributed by atoms with Gasteiger partial charge in [0.2, 0.25) is 17.7 Å². The normalized spacial score (nSPS) is 15.6. The summed E-state index contributed by atoms with van der Waals surface area (Å²) in [5.74, 6) is -0.938. The molecule has 3 rings (SSSR count). The highest BCUT2D eigenvalue weighted by molar-refractivity contribution is 5.92. The Hall–Kier alpha value is -3.48. The molecule has 1 aliphatic rings. The fraction of sp³-hybridized carbons (Fsp3) is 0.673. The first kappa shape index (κ1) is 56.8. The maximum absolute atomic E-state index is 14.4. The van der Waals surface area contributed by atoms with Crippen molar-refractivity contribution in [2.75, 3.05) is 20.6 Å². The third kappa shape index (κ3) is 19.1. The molecule has 1 saturated heterocycles. The minimum Gasteiger partial charge on any atom is -0.350 e. The molecule has 56 heavy (non-hydrogen) atoms. The number of nitrogens with one attached hydrogen (secondary N) is 1. The molecule has 0 spiro atoms. The average Bonchev–Trinajstić information content (AvgIpc) is 3.67. The summed E-state index contributed by atoms with van der Waals surface area (Å²) < 4.78 is 0. The van der Waals surface area contributed by atoms with Crippen molar-refractivity contribution in [3.05, 3.63) is 70.3 Å². The topological polar surface area (TPSA) is 82.1 Å². The lowest BCUT2D eigenvalue weighted by molar-refractivity contribution is -0.148. The second-order valence-corrected chi connectivity index (χ2v) is 13.4. The molecular weight excluding hydrogens is 693 g/mol. The number of amides is 3. The molecule has 2 aromatic rings. The zero-order chi connectivity index (χ0) is 43.8. The molecule has 0 aromatic heterocycles. The summed E-state index contributed by atoms with van der Waals surface area (Å²) in [5.41, 5.74) is 5.55. The van der Waals surface area contributed by atoms with E-state index in [2.05, 4.69) is 62.3 Å². The molecule has 2 aromatic carbocycles. The van der Waals surface area contributed by atoms with Gasteiger partial charge in [-0.25, -0.2) is 0 Å². The van der Waals surface area contributed by atoms with Crippen molar-refractivity contribution < 1.29 is 14.4 Å². The first-order valence-electron chi connectivity index (χ1n) is 22.5. The van der Waals surface area contributed by atoms with Gasteiger partial charge in [0.1, 0.15) is 6.04 Å². The molecule has 7 nitrogen and oxygen atoms in total. The standard InChI is InChI=1S/C39H58N4O3.5C2H6/c1-9-12-14-35(39(46)42(8)34(11-3)13-10-2)29(6)38(45)43-26-32(21-30-18-15-27(4)16-19-30)23-36(43)37(44)41-24-31-20-17-28(5)33(22-31)25-40-7;5*1-2/h15-20,22,25,29,32,34-36H,9-14,21,23-24,26H2,1-8H3,(H,41,44);5*1-2H3/t29-,32-,34?,35+,36?;;;;;/m1...../s1. The van der Waals surface area contributed by atoms with Gasteiger partial charge >= 0.3 is 0 Å². The Morgan fingerprint density at radius 2 is 1.43 bits per heavy atom. The number of aliphatic imine (C=N–C) groups is 1. The van der Waals surface area contributed by atoms with Crippen molar-refractivity contribution in [2.45, 2.75) is 181 Å². The van der Waals surface area contributed by atoms with E-state index in [-0.39, 0.29) is 29.7 Å². The number of carbonyl (C=O) groups excluding carboxylic acids is 3. The molecular formula is C49H88N4O3. The highest BCUT2D eigenvalue weighted by atomic mass is 16.2. The molecule has 7 heteroatoms. The molecule has 0 bridgehead atoms. The van der Waals surface area contributed by atoms with Crippen LogP contribution in [0.25, 0.3) is 0 Å². The van der Waals surface area contributed by atoms with Crippen LogP contribution < -0.4 is 5.32 Å². The molecule has 5 atom stereocenters. The monoisotopic (exact) mass is 781 g/mol. The van der Waals surface area contributed by atoms with Crippen molar-refractivity contribution in [2.24, 2.45) is 22.7 Å². The Morgan fingerprint density at radius 1 is 0.857 bits per heavy atom. The van der Waals surface area contributed by atoms with E-state index in [0.29, 0.717) is 25.9 Å². The van der Waals surface area contributed by atoms with Crippen LogP contribution in [0.1, 0.15) is 170 Å². The smallest absolute Gasteiger partial charge is 0.243 e. The van der Waals surface area contributed by atoms with Crippen LogP contribution in [-0.4, -0.2) is 66.5 Å². The maximum Gasteiger partial charge on any atom is 0.243 e. The number of likely N-dealkylation sites (tertiary alicyclic amines) is 1. The van der Waals surface area contributed by atoms with Crippen molar-refractivity contribution in [1.82, 2.24) is 15.1 Å². The highest BCUT2D eigenvalue weighted by Gasteiger charge is 2.43. The van der Waals surface area contributed by atoms with Gasteiger partial charge in [0.25, 0.3) is 0 Å². The number of hydrogen-bond acceptors (Lipinski definition) is 4. The van der Waals surface area contributed by atoms with Gasteiger partial charge in [0.05, 0.1) is 0 Å². The van der Waals surface area contributed by atoms with E-state index < -0.39 is 17.9 Å². The van der Waals surface area contributed by atoms with E-state index in [0.717, 1.165) is 55.2 Å². The lowest BCUT2D eigenvalue weighted by atomic mass is 9.86. The van der Waals surface area contributed by atoms with Crippen molar-refractivity contribution in [3.8, 4) is 0 Å². The molecule has 1 fully saturated rings. The van der Waals surface area contributed by atoms with E-state index in [1.54, 1.807) is 11.9 Å². The summed E-state index contributed by atoms with van der Waals surface area (Å²) >= 11 is 0. The number of aryl methyl sites for hydroxylation is 2. The zero-order valence-electron chi connectivity index (χ0n) is 39.6. The fourth-order valence-corrected chi connectivity index (χ4v) is 6.90. The van der Waals surface area contributed by atoms with Crippen LogP contribution in [0.3, 0.4) is 0 Å². The summed E-state index contributed by atoms with van der Waals surface area (Å²) in [7, 11) is 3.65. The number of unbranched alkanes of at least 4 members (excludes halogenated alkanes) is 1. The van der Waals surface area contributed by atoms with Gasteiger partial charge in [-0.1, -0.05) is 158 Å². The predicted octanol–water partition coefficient (Wildman–Crippen LogP) is 12.0. The lowest BCUT2D eigenvalue weighted by Crippen LogP contribution is -2.50. The van der Waals surface area contributed by atoms with Crippen LogP contribution >= 0.6 is 0 Å². The van der Waals surface area contributed by atoms with Gasteiger partial charge < -0.3 is 15.1 Å². The maximum atomic E-state index is 14.4. The number of benzene rings is 2. The van der Waals surface area contributed by atoms with E-state index in [1.807, 2.05) is 119 Å². The second kappa shape index (κ2) is 34.7. The minimum atomic E-state index is -0.573. The van der Waals surface area contributed by atoms with Crippen molar-refractivity contribution in [3.63, 3.8) is 0 Å². The molecule has 1 heterocycles. The predicted molar refractivity (Wildman–Crippen MR) is 246 cm³/mol. The van der Waals surface area contributed by atoms with Gasteiger partial charge in [-0.3, -0.25) is 19.4 Å². The van der Waals surface area contributed by atoms with Crippen molar-refractivity contribution >= 4 is 23.9 Å². The van der Waals surface area contributed by atoms with Crippen LogP contribution in [0.4, 0.5) is 0 Å². The van der Waals surface area contributed by atoms with Crippen LogP contribution in [0, 0.1) is 31.6 Å². The number of rotatable bonds is 16. The first-order chi connectivity index (χ1) is 27.0. The molecule has 1 N–H and O–H groups in total. The molecule has 3 amide bonds. The van der Waals surface area contributed by atoms with Crippen molar-refractivity contribution in [1.29, 1.82) is 0 Å². The molecule has 1 aliphatic heterocycles. The number of hydrogen-bond donors (Lipinski definition) is 1. The van der Waals surface area contributed by atoms with Gasteiger partial charge in [-0.2, -0.15) is 0 Å². The van der Waals surface area contributed by atoms with Crippen LogP contribution in [0.15, 0.2) is 47.5 Å². The molecule has 0 aliphatic carbocycles. The van der Waals surface area contributed by atoms with Gasteiger partial charge in [-0.05, 0) is 80.2 Å². The molecule has 2 unspecified atom stereocenters. The summed E-state index contributed by atoms with van der Waals surface area (Å²) in [5, 5.41) is 3.13. The van der Waals surface area contributed by atoms with E-state index >= 15 is 0 Å². The van der Waals surface area contributed by atoms with E-state index in [9.17, 15) is 14.4 Å². The number of nitrogens with zero attached hydrogens (tertiary/aromatic N) is 3. The van der Waals surface area contributed by atoms with E-state index in [4.69, 9.17) is 0 Å². The summed E-state index contributed by atoms with van der Waals surface area (Å²) in [6.07, 6.45) is 8.58. The molecule has 322 valence electrons. The van der Waals surface area contributed by atoms with Gasteiger partial charge in [-0.15, -0.1) is 0 Å². The average molecular weight is 781 g/mol. The molecule has 0 saturated carbocycles. The SMILES string of the molecule is CC.CC.CC.CC.CC.CCCC[C@H](C(=O)N(C)C(CC)CCC)[C@@H](C)C(=O)N1C[C@H](Cc2ccc(C)cc2)CC1C(=O)NCc1ccc(C)c(C=NC)c1. The van der Waals surface area contributed by atoms with Gasteiger partial charge in [0.15, 0.2) is 0 Å². The largest absolute Gasteiger partial charge is 0.350 e. The Labute approximate surface area is 346 Å². The zero-order valence-corrected chi connectivity index (χ0v) is 39.6. The van der Waals surface area contributed by atoms with Crippen LogP contribution in [0.5, 0.6) is 0 Å². The van der Waals surface area contributed by atoms with Crippen LogP contribution in [0.2, 0.25) is 0 Å². The van der Waals surface area contributed by atoms with Gasteiger partial charge in [0, 0.05) is 51.3 Å². The summed E-state index contributed by atoms with van der Waals surface area (Å²) in [4.78, 5) is 50.0. The summed E-state index contributed by atoms with van der Waals surface area (Å²) in [6.45, 7) is 33.3. The Morgan fingerprint density at radius 3 is 1.95 bits per heavy atom. The van der Waals surface area contributed by atoms with E-state index in [1.165, 1.54) is 11.1 Å². The summed E-state index contributed by atoms with van der Waals surface area (Å²) in [6, 6.07) is 14.2. The minimum absolute atomic E-state index is 0.0526. The van der Waals surface area contributed by atoms with Crippen LogP contribution in [-0.2, 0) is 27.3 Å². The Balaban J connectivity index is -0.00000259. The quantitative estimate of drug-likeness (QED) is 0.172. The third-order valence-electron chi connectivity index (χ3n) is 9.86. The fourth-order valence-electron chi connectivity index (χ4n) is 6.90. The second-order valence-electron chi connectivity index (χ2n) is 13.4. The number of carbonyl (C=O) groups is 3. The molecule has 0 radical (unpaired) electrons.